The summed E-state index contributed by atoms with van der Waals surface area (Å²) < 4.78 is 0. The van der Waals surface area contributed by atoms with E-state index >= 15 is 0 Å². The molecule has 1 rings (SSSR count). The molecule has 182 valence electrons. The van der Waals surface area contributed by atoms with Crippen LogP contribution >= 0.6 is 0 Å². The van der Waals surface area contributed by atoms with Gasteiger partial charge in [0.25, 0.3) is 0 Å². The second-order valence-corrected chi connectivity index (χ2v) is 7.89. The predicted octanol–water partition coefficient (Wildman–Crippen LogP) is -1.65. The molecule has 0 aromatic heterocycles. The summed E-state index contributed by atoms with van der Waals surface area (Å²) in [5, 5.41) is 26.0. The highest BCUT2D eigenvalue weighted by Gasteiger charge is 2.29. The normalized spacial score (nSPS) is 13.5. The summed E-state index contributed by atoms with van der Waals surface area (Å²) in [6.07, 6.45) is -0.0813. The first kappa shape index (κ1) is 27.4. The van der Waals surface area contributed by atoms with Crippen molar-refractivity contribution in [2.24, 2.45) is 17.4 Å². The zero-order valence-corrected chi connectivity index (χ0v) is 18.5. The topological polar surface area (TPSA) is 214 Å². The predicted molar refractivity (Wildman–Crippen MR) is 118 cm³/mol. The fourth-order valence-electron chi connectivity index (χ4n) is 2.82. The number of aliphatic carboxylic acids is 1. The summed E-state index contributed by atoms with van der Waals surface area (Å²) in [6.45, 7) is 2.87. The third-order valence-electron chi connectivity index (χ3n) is 4.72. The monoisotopic (exact) mass is 465 g/mol. The summed E-state index contributed by atoms with van der Waals surface area (Å²) in [6, 6.07) is 2.54. The first-order chi connectivity index (χ1) is 15.4. The van der Waals surface area contributed by atoms with Crippen LogP contribution in [0.25, 0.3) is 0 Å². The number of hydrogen-bond donors (Lipinski definition) is 7. The van der Waals surface area contributed by atoms with Gasteiger partial charge in [-0.05, 0) is 30.0 Å². The lowest BCUT2D eigenvalue weighted by atomic mass is 10.0. The highest BCUT2D eigenvalue weighted by Crippen LogP contribution is 2.12. The molecule has 12 heteroatoms. The number of carbonyl (C=O) groups excluding carboxylic acids is 4. The number of aromatic hydroxyl groups is 1. The largest absolute Gasteiger partial charge is 0.508 e. The van der Waals surface area contributed by atoms with Crippen molar-refractivity contribution < 1.29 is 34.2 Å². The summed E-state index contributed by atoms with van der Waals surface area (Å²) >= 11 is 0. The van der Waals surface area contributed by atoms with Gasteiger partial charge in [-0.25, -0.2) is 4.79 Å². The smallest absolute Gasteiger partial charge is 0.326 e. The minimum atomic E-state index is -1.26. The van der Waals surface area contributed by atoms with E-state index in [1.807, 2.05) is 0 Å². The van der Waals surface area contributed by atoms with Crippen molar-refractivity contribution in [1.29, 1.82) is 0 Å². The van der Waals surface area contributed by atoms with Gasteiger partial charge in [0.15, 0.2) is 0 Å². The number of phenols is 1. The molecule has 0 saturated carbocycles. The van der Waals surface area contributed by atoms with E-state index in [0.717, 1.165) is 0 Å². The van der Waals surface area contributed by atoms with Crippen LogP contribution < -0.4 is 27.4 Å². The molecular weight excluding hydrogens is 434 g/mol. The Kier molecular flexibility index (Phi) is 10.8. The van der Waals surface area contributed by atoms with Crippen LogP contribution in [0.4, 0.5) is 0 Å². The summed E-state index contributed by atoms with van der Waals surface area (Å²) in [5.74, 6) is -4.26. The van der Waals surface area contributed by atoms with Crippen LogP contribution in [0.3, 0.4) is 0 Å². The van der Waals surface area contributed by atoms with Gasteiger partial charge in [0.05, 0.1) is 12.6 Å². The summed E-state index contributed by atoms with van der Waals surface area (Å²) in [5.41, 5.74) is 11.2. The van der Waals surface area contributed by atoms with E-state index in [9.17, 15) is 34.2 Å². The highest BCUT2D eigenvalue weighted by atomic mass is 16.4. The molecule has 3 atom stereocenters. The zero-order chi connectivity index (χ0) is 25.1. The van der Waals surface area contributed by atoms with Crippen LogP contribution in [0.2, 0.25) is 0 Å². The molecule has 0 fully saturated rings. The Morgan fingerprint density at radius 1 is 1.00 bits per heavy atom. The number of hydrogen-bond acceptors (Lipinski definition) is 7. The first-order valence-electron chi connectivity index (χ1n) is 10.3. The maximum Gasteiger partial charge on any atom is 0.326 e. The van der Waals surface area contributed by atoms with Gasteiger partial charge in [0.1, 0.15) is 17.8 Å². The molecule has 0 bridgehead atoms. The number of primary amides is 1. The minimum absolute atomic E-state index is 0.0252. The van der Waals surface area contributed by atoms with E-state index in [-0.39, 0.29) is 30.9 Å². The second kappa shape index (κ2) is 13.0. The third-order valence-corrected chi connectivity index (χ3v) is 4.72. The van der Waals surface area contributed by atoms with Crippen LogP contribution in [0.15, 0.2) is 24.3 Å². The standard InChI is InChI=1S/C21H31N5O7/c1-11(2)18(26-17(29)10-24-19(30)14(22)7-8-16(23)28)20(31)25-15(21(32)33)9-12-3-5-13(27)6-4-12/h3-6,11,14-15,18,27H,7-10,22H2,1-2H3,(H2,23,28)(H,24,30)(H,25,31)(H,26,29)(H,32,33). The van der Waals surface area contributed by atoms with Gasteiger partial charge in [-0.2, -0.15) is 0 Å². The van der Waals surface area contributed by atoms with Crippen LogP contribution in [-0.4, -0.2) is 64.5 Å². The second-order valence-electron chi connectivity index (χ2n) is 7.89. The molecule has 4 amide bonds. The number of carboxylic acid groups (broad SMARTS) is 1. The van der Waals surface area contributed by atoms with E-state index in [4.69, 9.17) is 11.5 Å². The van der Waals surface area contributed by atoms with Crippen LogP contribution in [-0.2, 0) is 30.4 Å². The Bertz CT molecular complexity index is 857. The number of nitrogens with two attached hydrogens (primary N) is 2. The van der Waals surface area contributed by atoms with Gasteiger partial charge in [0, 0.05) is 12.8 Å². The molecule has 0 aliphatic heterocycles. The summed E-state index contributed by atoms with van der Waals surface area (Å²) in [4.78, 5) is 59.2. The van der Waals surface area contributed by atoms with Gasteiger partial charge >= 0.3 is 5.97 Å². The minimum Gasteiger partial charge on any atom is -0.508 e. The van der Waals surface area contributed by atoms with Gasteiger partial charge in [-0.15, -0.1) is 0 Å². The number of phenolic OH excluding ortho intramolecular Hbond substituents is 1. The van der Waals surface area contributed by atoms with Crippen molar-refractivity contribution >= 4 is 29.6 Å². The molecular formula is C21H31N5O7. The van der Waals surface area contributed by atoms with Gasteiger partial charge in [0.2, 0.25) is 23.6 Å². The molecule has 0 spiro atoms. The third kappa shape index (κ3) is 9.99. The van der Waals surface area contributed by atoms with E-state index in [2.05, 4.69) is 16.0 Å². The lowest BCUT2D eigenvalue weighted by molar-refractivity contribution is -0.142. The highest BCUT2D eigenvalue weighted by molar-refractivity contribution is 5.92. The van der Waals surface area contributed by atoms with Gasteiger partial charge in [-0.1, -0.05) is 26.0 Å². The number of nitrogens with one attached hydrogen (secondary N) is 3. The van der Waals surface area contributed by atoms with Crippen LogP contribution in [0, 0.1) is 5.92 Å². The van der Waals surface area contributed by atoms with E-state index in [1.54, 1.807) is 13.8 Å². The molecule has 0 aliphatic rings. The van der Waals surface area contributed by atoms with Crippen molar-refractivity contribution in [3.8, 4) is 5.75 Å². The maximum atomic E-state index is 12.7. The van der Waals surface area contributed by atoms with E-state index < -0.39 is 54.3 Å². The molecule has 9 N–H and O–H groups in total. The molecule has 0 aliphatic carbocycles. The number of benzene rings is 1. The molecule has 1 aromatic carbocycles. The lowest BCUT2D eigenvalue weighted by Gasteiger charge is -2.24. The van der Waals surface area contributed by atoms with E-state index in [1.165, 1.54) is 24.3 Å². The molecule has 0 radical (unpaired) electrons. The van der Waals surface area contributed by atoms with Gasteiger partial charge in [-0.3, -0.25) is 19.2 Å². The molecule has 1 aromatic rings. The number of amides is 4. The fourth-order valence-corrected chi connectivity index (χ4v) is 2.82. The van der Waals surface area contributed by atoms with Crippen molar-refractivity contribution in [3.05, 3.63) is 29.8 Å². The molecule has 33 heavy (non-hydrogen) atoms. The number of carbonyl (C=O) groups is 5. The van der Waals surface area contributed by atoms with Crippen molar-refractivity contribution in [2.75, 3.05) is 6.54 Å². The SMILES string of the molecule is CC(C)C(NC(=O)CNC(=O)C(N)CCC(N)=O)C(=O)NC(Cc1ccc(O)cc1)C(=O)O. The Hall–Kier alpha value is -3.67. The van der Waals surface area contributed by atoms with Crippen molar-refractivity contribution in [1.82, 2.24) is 16.0 Å². The first-order valence-corrected chi connectivity index (χ1v) is 10.3. The number of rotatable bonds is 13. The number of carboxylic acids is 1. The molecule has 12 nitrogen and oxygen atoms in total. The Morgan fingerprint density at radius 2 is 1.61 bits per heavy atom. The van der Waals surface area contributed by atoms with Crippen molar-refractivity contribution in [3.63, 3.8) is 0 Å². The Morgan fingerprint density at radius 3 is 2.12 bits per heavy atom. The lowest BCUT2D eigenvalue weighted by Crippen LogP contribution is -2.55. The van der Waals surface area contributed by atoms with Crippen molar-refractivity contribution in [2.45, 2.75) is 51.2 Å². The fraction of sp³-hybridized carbons (Fsp3) is 0.476. The molecule has 0 heterocycles. The van der Waals surface area contributed by atoms with Gasteiger partial charge < -0.3 is 37.6 Å². The van der Waals surface area contributed by atoms with Crippen LogP contribution in [0.5, 0.6) is 5.75 Å². The Balaban J connectivity index is 2.68. The molecule has 3 unspecified atom stereocenters. The van der Waals surface area contributed by atoms with Crippen LogP contribution in [0.1, 0.15) is 32.3 Å². The zero-order valence-electron chi connectivity index (χ0n) is 18.5. The van der Waals surface area contributed by atoms with E-state index in [0.29, 0.717) is 5.56 Å². The quantitative estimate of drug-likeness (QED) is 0.179. The maximum absolute atomic E-state index is 12.7. The average Bonchev–Trinajstić information content (AvgIpc) is 2.74. The average molecular weight is 466 g/mol. The molecule has 0 saturated heterocycles. The Labute approximate surface area is 191 Å². The summed E-state index contributed by atoms with van der Waals surface area (Å²) in [7, 11) is 0.